The summed E-state index contributed by atoms with van der Waals surface area (Å²) in [5.74, 6) is 0.0987. The van der Waals surface area contributed by atoms with Gasteiger partial charge in [0.15, 0.2) is 0 Å². The summed E-state index contributed by atoms with van der Waals surface area (Å²) in [4.78, 5) is 32.4. The van der Waals surface area contributed by atoms with Crippen LogP contribution in [-0.2, 0) is 4.74 Å². The highest BCUT2D eigenvalue weighted by Crippen LogP contribution is 2.23. The van der Waals surface area contributed by atoms with E-state index in [4.69, 9.17) is 16.3 Å². The molecule has 0 unspecified atom stereocenters. The summed E-state index contributed by atoms with van der Waals surface area (Å²) in [6.45, 7) is 2.44. The molecular weight excluding hydrogens is 426 g/mol. The Bertz CT molecular complexity index is 1250. The van der Waals surface area contributed by atoms with Gasteiger partial charge in [-0.25, -0.2) is 9.78 Å². The van der Waals surface area contributed by atoms with Gasteiger partial charge in [-0.2, -0.15) is 0 Å². The summed E-state index contributed by atoms with van der Waals surface area (Å²) in [6.07, 6.45) is 1.80. The highest BCUT2D eigenvalue weighted by molar-refractivity contribution is 6.31. The van der Waals surface area contributed by atoms with Gasteiger partial charge in [0, 0.05) is 21.8 Å². The first kappa shape index (κ1) is 21.6. The van der Waals surface area contributed by atoms with Crippen molar-refractivity contribution in [2.24, 2.45) is 0 Å². The normalized spacial score (nSPS) is 10.8. The van der Waals surface area contributed by atoms with Gasteiger partial charge in [-0.1, -0.05) is 37.1 Å². The average Bonchev–Trinajstić information content (AvgIpc) is 3.23. The number of imidazole rings is 1. The van der Waals surface area contributed by atoms with E-state index >= 15 is 0 Å². The monoisotopic (exact) mass is 447 g/mol. The molecule has 0 aliphatic carbocycles. The molecule has 0 radical (unpaired) electrons. The van der Waals surface area contributed by atoms with Crippen LogP contribution >= 0.6 is 11.6 Å². The van der Waals surface area contributed by atoms with Crippen molar-refractivity contribution in [1.29, 1.82) is 0 Å². The number of fused-ring (bicyclic) bond motifs is 1. The van der Waals surface area contributed by atoms with E-state index in [1.807, 2.05) is 31.2 Å². The van der Waals surface area contributed by atoms with Gasteiger partial charge in [-0.15, -0.1) is 0 Å². The van der Waals surface area contributed by atoms with Crippen LogP contribution in [0, 0.1) is 0 Å². The van der Waals surface area contributed by atoms with Gasteiger partial charge in [0.2, 0.25) is 0 Å². The standard InChI is InChI=1S/C25H22ClN3O3/c1-2-3-14-32-25(31)18-8-11-20(12-9-18)27-24(30)17-6-4-16(5-7-17)23-28-21-13-10-19(26)15-22(21)29-23/h4-13,15H,2-3,14H2,1H3,(H,27,30)(H,28,29). The van der Waals surface area contributed by atoms with Crippen molar-refractivity contribution in [3.63, 3.8) is 0 Å². The second-order valence-electron chi connectivity index (χ2n) is 7.35. The number of ether oxygens (including phenoxy) is 1. The number of halogens is 1. The molecule has 162 valence electrons. The minimum Gasteiger partial charge on any atom is -0.462 e. The van der Waals surface area contributed by atoms with E-state index in [-0.39, 0.29) is 11.9 Å². The third-order valence-corrected chi connectivity index (χ3v) is 5.21. The lowest BCUT2D eigenvalue weighted by Crippen LogP contribution is -2.12. The number of hydrogen-bond donors (Lipinski definition) is 2. The molecule has 0 fully saturated rings. The van der Waals surface area contributed by atoms with E-state index in [9.17, 15) is 9.59 Å². The molecule has 0 saturated carbocycles. The van der Waals surface area contributed by atoms with Crippen molar-refractivity contribution >= 4 is 40.2 Å². The molecule has 4 rings (SSSR count). The average molecular weight is 448 g/mol. The number of esters is 1. The van der Waals surface area contributed by atoms with Gasteiger partial charge in [-0.3, -0.25) is 4.79 Å². The number of rotatable bonds is 7. The minimum absolute atomic E-state index is 0.244. The van der Waals surface area contributed by atoms with Gasteiger partial charge >= 0.3 is 5.97 Å². The lowest BCUT2D eigenvalue weighted by Gasteiger charge is -2.07. The molecule has 1 aromatic heterocycles. The maximum absolute atomic E-state index is 12.6. The van der Waals surface area contributed by atoms with E-state index in [0.717, 1.165) is 29.4 Å². The number of aromatic nitrogens is 2. The Hall–Kier alpha value is -3.64. The van der Waals surface area contributed by atoms with Crippen LogP contribution in [0.4, 0.5) is 5.69 Å². The predicted octanol–water partition coefficient (Wildman–Crippen LogP) is 6.09. The summed E-state index contributed by atoms with van der Waals surface area (Å²) < 4.78 is 5.19. The number of benzene rings is 3. The van der Waals surface area contributed by atoms with Crippen LogP contribution in [0.5, 0.6) is 0 Å². The number of carbonyl (C=O) groups is 2. The Morgan fingerprint density at radius 3 is 2.44 bits per heavy atom. The Labute approximate surface area is 190 Å². The third kappa shape index (κ3) is 4.98. The summed E-state index contributed by atoms with van der Waals surface area (Å²) >= 11 is 6.03. The summed E-state index contributed by atoms with van der Waals surface area (Å²) in [7, 11) is 0. The number of amides is 1. The molecule has 4 aromatic rings. The molecular formula is C25H22ClN3O3. The fourth-order valence-electron chi connectivity index (χ4n) is 3.18. The Kier molecular flexibility index (Phi) is 6.52. The second-order valence-corrected chi connectivity index (χ2v) is 7.78. The van der Waals surface area contributed by atoms with E-state index in [0.29, 0.717) is 34.3 Å². The molecule has 0 spiro atoms. The molecule has 7 heteroatoms. The lowest BCUT2D eigenvalue weighted by molar-refractivity contribution is 0.0499. The molecule has 0 atom stereocenters. The van der Waals surface area contributed by atoms with Crippen molar-refractivity contribution in [3.8, 4) is 11.4 Å². The Morgan fingerprint density at radius 1 is 1.00 bits per heavy atom. The summed E-state index contributed by atoms with van der Waals surface area (Å²) in [6, 6.07) is 19.3. The molecule has 0 bridgehead atoms. The lowest BCUT2D eigenvalue weighted by atomic mass is 10.1. The van der Waals surface area contributed by atoms with E-state index in [1.54, 1.807) is 42.5 Å². The molecule has 0 aliphatic rings. The first-order chi connectivity index (χ1) is 15.5. The molecule has 3 aromatic carbocycles. The van der Waals surface area contributed by atoms with Gasteiger partial charge in [0.25, 0.3) is 5.91 Å². The zero-order valence-corrected chi connectivity index (χ0v) is 18.3. The molecule has 6 nitrogen and oxygen atoms in total. The van der Waals surface area contributed by atoms with Crippen LogP contribution in [0.25, 0.3) is 22.4 Å². The van der Waals surface area contributed by atoms with Crippen LogP contribution in [-0.4, -0.2) is 28.5 Å². The fraction of sp³-hybridized carbons (Fsp3) is 0.160. The first-order valence-corrected chi connectivity index (χ1v) is 10.8. The van der Waals surface area contributed by atoms with Crippen LogP contribution in [0.15, 0.2) is 66.7 Å². The smallest absolute Gasteiger partial charge is 0.338 e. The second kappa shape index (κ2) is 9.66. The van der Waals surface area contributed by atoms with E-state index in [1.165, 1.54) is 0 Å². The minimum atomic E-state index is -0.361. The molecule has 0 saturated heterocycles. The zero-order valence-electron chi connectivity index (χ0n) is 17.5. The van der Waals surface area contributed by atoms with Crippen molar-refractivity contribution in [3.05, 3.63) is 82.9 Å². The Morgan fingerprint density at radius 2 is 1.72 bits per heavy atom. The number of hydrogen-bond acceptors (Lipinski definition) is 4. The maximum atomic E-state index is 12.6. The first-order valence-electron chi connectivity index (χ1n) is 10.4. The SMILES string of the molecule is CCCCOC(=O)c1ccc(NC(=O)c2ccc(-c3nc4ccc(Cl)cc4[nH]3)cc2)cc1. The van der Waals surface area contributed by atoms with Crippen LogP contribution < -0.4 is 5.32 Å². The summed E-state index contributed by atoms with van der Waals surface area (Å²) in [5.41, 5.74) is 4.10. The third-order valence-electron chi connectivity index (χ3n) is 4.97. The van der Waals surface area contributed by atoms with Gasteiger partial charge in [0.05, 0.1) is 23.2 Å². The van der Waals surface area contributed by atoms with Gasteiger partial charge in [0.1, 0.15) is 5.82 Å². The number of nitrogens with one attached hydrogen (secondary N) is 2. The highest BCUT2D eigenvalue weighted by atomic mass is 35.5. The van der Waals surface area contributed by atoms with Crippen molar-refractivity contribution in [1.82, 2.24) is 9.97 Å². The van der Waals surface area contributed by atoms with Gasteiger partial charge in [-0.05, 0) is 61.0 Å². The maximum Gasteiger partial charge on any atom is 0.338 e. The highest BCUT2D eigenvalue weighted by Gasteiger charge is 2.11. The molecule has 1 amide bonds. The quantitative estimate of drug-likeness (QED) is 0.265. The van der Waals surface area contributed by atoms with Crippen LogP contribution in [0.2, 0.25) is 5.02 Å². The zero-order chi connectivity index (χ0) is 22.5. The van der Waals surface area contributed by atoms with E-state index < -0.39 is 0 Å². The van der Waals surface area contributed by atoms with E-state index in [2.05, 4.69) is 15.3 Å². The number of H-pyrrole nitrogens is 1. The van der Waals surface area contributed by atoms with Gasteiger partial charge < -0.3 is 15.0 Å². The molecule has 1 heterocycles. The summed E-state index contributed by atoms with van der Waals surface area (Å²) in [5, 5.41) is 3.47. The number of aromatic amines is 1. The number of unbranched alkanes of at least 4 members (excludes halogenated alkanes) is 1. The Balaban J connectivity index is 1.40. The number of carbonyl (C=O) groups excluding carboxylic acids is 2. The predicted molar refractivity (Wildman–Crippen MR) is 126 cm³/mol. The molecule has 32 heavy (non-hydrogen) atoms. The molecule has 2 N–H and O–H groups in total. The van der Waals surface area contributed by atoms with Crippen molar-refractivity contribution in [2.45, 2.75) is 19.8 Å². The van der Waals surface area contributed by atoms with Crippen LogP contribution in [0.3, 0.4) is 0 Å². The number of anilines is 1. The number of nitrogens with zero attached hydrogens (tertiary/aromatic N) is 1. The molecule has 0 aliphatic heterocycles. The van der Waals surface area contributed by atoms with Crippen molar-refractivity contribution < 1.29 is 14.3 Å². The topological polar surface area (TPSA) is 84.1 Å². The largest absolute Gasteiger partial charge is 0.462 e. The van der Waals surface area contributed by atoms with Crippen LogP contribution in [0.1, 0.15) is 40.5 Å². The van der Waals surface area contributed by atoms with Crippen molar-refractivity contribution in [2.75, 3.05) is 11.9 Å². The fourth-order valence-corrected chi connectivity index (χ4v) is 3.36.